The van der Waals surface area contributed by atoms with Crippen LogP contribution < -0.4 is 4.74 Å². The Balaban J connectivity index is 1.69. The summed E-state index contributed by atoms with van der Waals surface area (Å²) in [4.78, 5) is 0. The summed E-state index contributed by atoms with van der Waals surface area (Å²) in [6, 6.07) is 28.5. The molecule has 0 aliphatic heterocycles. The van der Waals surface area contributed by atoms with Gasteiger partial charge in [-0.05, 0) is 114 Å². The molecule has 0 aliphatic carbocycles. The molecule has 0 saturated heterocycles. The maximum absolute atomic E-state index is 6.32. The average Bonchev–Trinajstić information content (AvgIpc) is 2.76. The maximum Gasteiger partial charge on any atom is 0.130 e. The SMILES string of the molecule is Cc1ccc(Oc2ccc(C)c(-c3c(C)ccc4cc5ccc(C)cc5cc34)c2)c(C)c1. The predicted molar refractivity (Wildman–Crippen MR) is 137 cm³/mol. The van der Waals surface area contributed by atoms with Crippen LogP contribution in [0.25, 0.3) is 32.7 Å². The number of hydrogen-bond donors (Lipinski definition) is 0. The van der Waals surface area contributed by atoms with Crippen molar-refractivity contribution >= 4 is 21.5 Å². The third-order valence-corrected chi connectivity index (χ3v) is 6.38. The summed E-state index contributed by atoms with van der Waals surface area (Å²) in [5, 5.41) is 5.11. The molecule has 0 atom stereocenters. The van der Waals surface area contributed by atoms with Crippen LogP contribution in [0, 0.1) is 34.6 Å². The van der Waals surface area contributed by atoms with Gasteiger partial charge in [-0.3, -0.25) is 0 Å². The molecule has 0 aromatic heterocycles. The second-order valence-corrected chi connectivity index (χ2v) is 9.03. The zero-order chi connectivity index (χ0) is 22.4. The van der Waals surface area contributed by atoms with Crippen molar-refractivity contribution in [2.75, 3.05) is 0 Å². The van der Waals surface area contributed by atoms with Crippen LogP contribution in [0.3, 0.4) is 0 Å². The second-order valence-electron chi connectivity index (χ2n) is 9.03. The van der Waals surface area contributed by atoms with E-state index in [2.05, 4.69) is 113 Å². The molecule has 5 aromatic carbocycles. The van der Waals surface area contributed by atoms with E-state index in [1.165, 1.54) is 54.9 Å². The van der Waals surface area contributed by atoms with Gasteiger partial charge in [0.25, 0.3) is 0 Å². The highest BCUT2D eigenvalue weighted by Gasteiger charge is 2.13. The molecule has 0 fully saturated rings. The van der Waals surface area contributed by atoms with Crippen molar-refractivity contribution < 1.29 is 4.74 Å². The van der Waals surface area contributed by atoms with Crippen LogP contribution in [0.5, 0.6) is 11.5 Å². The lowest BCUT2D eigenvalue weighted by Crippen LogP contribution is -1.93. The van der Waals surface area contributed by atoms with Crippen molar-refractivity contribution in [1.82, 2.24) is 0 Å². The van der Waals surface area contributed by atoms with Crippen LogP contribution in [-0.4, -0.2) is 0 Å². The average molecular weight is 417 g/mol. The maximum atomic E-state index is 6.32. The molecule has 5 aromatic rings. The fourth-order valence-corrected chi connectivity index (χ4v) is 4.63. The van der Waals surface area contributed by atoms with Gasteiger partial charge in [0, 0.05) is 0 Å². The van der Waals surface area contributed by atoms with Crippen LogP contribution in [-0.2, 0) is 0 Å². The first-order chi connectivity index (χ1) is 15.4. The number of ether oxygens (including phenoxy) is 1. The van der Waals surface area contributed by atoms with Crippen molar-refractivity contribution in [2.24, 2.45) is 0 Å². The van der Waals surface area contributed by atoms with Gasteiger partial charge in [-0.25, -0.2) is 0 Å². The molecule has 0 saturated carbocycles. The molecule has 32 heavy (non-hydrogen) atoms. The van der Waals surface area contributed by atoms with Gasteiger partial charge in [0.05, 0.1) is 0 Å². The Kier molecular flexibility index (Phi) is 4.98. The van der Waals surface area contributed by atoms with E-state index in [4.69, 9.17) is 4.74 Å². The molecule has 0 radical (unpaired) electrons. The van der Waals surface area contributed by atoms with Crippen LogP contribution in [0.4, 0.5) is 0 Å². The molecule has 0 N–H and O–H groups in total. The number of hydrogen-bond acceptors (Lipinski definition) is 1. The minimum absolute atomic E-state index is 0.866. The molecule has 0 bridgehead atoms. The van der Waals surface area contributed by atoms with E-state index in [1.807, 2.05) is 0 Å². The van der Waals surface area contributed by atoms with E-state index < -0.39 is 0 Å². The summed E-state index contributed by atoms with van der Waals surface area (Å²) in [6.45, 7) is 10.7. The van der Waals surface area contributed by atoms with E-state index >= 15 is 0 Å². The van der Waals surface area contributed by atoms with Gasteiger partial charge in [-0.1, -0.05) is 59.7 Å². The Morgan fingerprint density at radius 3 is 2.03 bits per heavy atom. The van der Waals surface area contributed by atoms with Gasteiger partial charge in [0.2, 0.25) is 0 Å². The van der Waals surface area contributed by atoms with E-state index in [9.17, 15) is 0 Å². The van der Waals surface area contributed by atoms with Crippen LogP contribution in [0.15, 0.2) is 78.9 Å². The monoisotopic (exact) mass is 416 g/mol. The van der Waals surface area contributed by atoms with Crippen molar-refractivity contribution in [1.29, 1.82) is 0 Å². The van der Waals surface area contributed by atoms with Crippen molar-refractivity contribution in [3.05, 3.63) is 107 Å². The third-order valence-electron chi connectivity index (χ3n) is 6.38. The molecule has 0 spiro atoms. The first-order valence-corrected chi connectivity index (χ1v) is 11.2. The van der Waals surface area contributed by atoms with Gasteiger partial charge in [0.15, 0.2) is 0 Å². The number of aryl methyl sites for hydroxylation is 5. The quantitative estimate of drug-likeness (QED) is 0.267. The molecule has 5 rings (SSSR count). The standard InChI is InChI=1S/C31H28O/c1-19-7-13-30(23(5)14-19)32-27-12-9-21(3)28(18-27)31-22(4)8-11-25-16-24-10-6-20(2)15-26(24)17-29(25)31/h6-18H,1-5H3. The molecular weight excluding hydrogens is 388 g/mol. The zero-order valence-corrected chi connectivity index (χ0v) is 19.4. The molecule has 158 valence electrons. The van der Waals surface area contributed by atoms with Crippen molar-refractivity contribution in [2.45, 2.75) is 34.6 Å². The number of rotatable bonds is 3. The molecule has 0 unspecified atom stereocenters. The van der Waals surface area contributed by atoms with Gasteiger partial charge in [0.1, 0.15) is 11.5 Å². The molecule has 0 heterocycles. The first kappa shape index (κ1) is 20.3. The lowest BCUT2D eigenvalue weighted by atomic mass is 9.90. The minimum Gasteiger partial charge on any atom is -0.457 e. The highest BCUT2D eigenvalue weighted by atomic mass is 16.5. The Labute approximate surface area is 190 Å². The first-order valence-electron chi connectivity index (χ1n) is 11.2. The normalized spacial score (nSPS) is 11.3. The number of fused-ring (bicyclic) bond motifs is 2. The Morgan fingerprint density at radius 1 is 0.500 bits per heavy atom. The van der Waals surface area contributed by atoms with Gasteiger partial charge in [-0.2, -0.15) is 0 Å². The summed E-state index contributed by atoms with van der Waals surface area (Å²) < 4.78 is 6.32. The predicted octanol–water partition coefficient (Wildman–Crippen LogP) is 8.99. The van der Waals surface area contributed by atoms with Crippen molar-refractivity contribution in [3.8, 4) is 22.6 Å². The molecule has 0 amide bonds. The van der Waals surface area contributed by atoms with Gasteiger partial charge < -0.3 is 4.74 Å². The molecular formula is C31H28O. The van der Waals surface area contributed by atoms with Gasteiger partial charge in [-0.15, -0.1) is 0 Å². The van der Waals surface area contributed by atoms with Crippen LogP contribution in [0.2, 0.25) is 0 Å². The van der Waals surface area contributed by atoms with Crippen LogP contribution in [0.1, 0.15) is 27.8 Å². The number of benzene rings is 5. The molecule has 1 nitrogen and oxygen atoms in total. The van der Waals surface area contributed by atoms with Crippen LogP contribution >= 0.6 is 0 Å². The highest BCUT2D eigenvalue weighted by molar-refractivity contribution is 6.06. The van der Waals surface area contributed by atoms with E-state index in [0.29, 0.717) is 0 Å². The highest BCUT2D eigenvalue weighted by Crippen LogP contribution is 2.38. The lowest BCUT2D eigenvalue weighted by Gasteiger charge is -2.16. The Bertz CT molecular complexity index is 1490. The Morgan fingerprint density at radius 2 is 1.22 bits per heavy atom. The Hall–Kier alpha value is -3.58. The van der Waals surface area contributed by atoms with Crippen molar-refractivity contribution in [3.63, 3.8) is 0 Å². The molecule has 1 heteroatoms. The summed E-state index contributed by atoms with van der Waals surface area (Å²) in [7, 11) is 0. The van der Waals surface area contributed by atoms with E-state index in [1.54, 1.807) is 0 Å². The fraction of sp³-hybridized carbons (Fsp3) is 0.161. The topological polar surface area (TPSA) is 9.23 Å². The van der Waals surface area contributed by atoms with E-state index in [0.717, 1.165) is 17.1 Å². The third kappa shape index (κ3) is 3.65. The van der Waals surface area contributed by atoms with E-state index in [-0.39, 0.29) is 0 Å². The smallest absolute Gasteiger partial charge is 0.130 e. The summed E-state index contributed by atoms with van der Waals surface area (Å²) >= 11 is 0. The molecule has 0 aliphatic rings. The fourth-order valence-electron chi connectivity index (χ4n) is 4.63. The summed E-state index contributed by atoms with van der Waals surface area (Å²) in [5.41, 5.74) is 8.71. The second kappa shape index (κ2) is 7.84. The van der Waals surface area contributed by atoms with Gasteiger partial charge >= 0.3 is 0 Å². The minimum atomic E-state index is 0.866. The lowest BCUT2D eigenvalue weighted by molar-refractivity contribution is 0.479. The largest absolute Gasteiger partial charge is 0.457 e. The summed E-state index contributed by atoms with van der Waals surface area (Å²) in [6.07, 6.45) is 0. The summed E-state index contributed by atoms with van der Waals surface area (Å²) in [5.74, 6) is 1.77. The zero-order valence-electron chi connectivity index (χ0n) is 19.4.